The first-order valence-corrected chi connectivity index (χ1v) is 8.63. The molecule has 9 nitrogen and oxygen atoms in total. The van der Waals surface area contributed by atoms with E-state index in [4.69, 9.17) is 10.6 Å². The number of aryl methyl sites for hydroxylation is 1. The summed E-state index contributed by atoms with van der Waals surface area (Å²) in [5.74, 6) is 1.00. The molecule has 9 heteroatoms. The number of anilines is 3. The number of carbonyl (C=O) groups is 1. The van der Waals surface area contributed by atoms with Crippen molar-refractivity contribution in [2.45, 2.75) is 19.4 Å². The molecular formula is C18H23N7O2. The maximum atomic E-state index is 12.2. The minimum atomic E-state index is -0.228. The van der Waals surface area contributed by atoms with Crippen LogP contribution in [0.25, 0.3) is 0 Å². The average molecular weight is 369 g/mol. The molecule has 1 aromatic heterocycles. The van der Waals surface area contributed by atoms with E-state index in [1.807, 2.05) is 36.1 Å². The van der Waals surface area contributed by atoms with Gasteiger partial charge in [0.2, 0.25) is 0 Å². The van der Waals surface area contributed by atoms with Crippen molar-refractivity contribution < 1.29 is 9.63 Å². The highest BCUT2D eigenvalue weighted by Crippen LogP contribution is 2.24. The second kappa shape index (κ2) is 8.35. The predicted octanol–water partition coefficient (Wildman–Crippen LogP) is 1.75. The number of nitrogens with one attached hydrogen (secondary N) is 2. The lowest BCUT2D eigenvalue weighted by Crippen LogP contribution is -2.40. The van der Waals surface area contributed by atoms with Gasteiger partial charge in [-0.1, -0.05) is 22.9 Å². The highest BCUT2D eigenvalue weighted by atomic mass is 16.6. The van der Waals surface area contributed by atoms with E-state index in [0.29, 0.717) is 23.7 Å². The summed E-state index contributed by atoms with van der Waals surface area (Å²) in [6.07, 6.45) is 3.71. The molecule has 2 aromatic rings. The molecule has 1 atom stereocenters. The van der Waals surface area contributed by atoms with E-state index in [1.54, 1.807) is 0 Å². The number of nitrogens with zero attached hydrogens (tertiary/aromatic N) is 4. The van der Waals surface area contributed by atoms with Crippen molar-refractivity contribution in [3.05, 3.63) is 41.7 Å². The van der Waals surface area contributed by atoms with Gasteiger partial charge in [-0.3, -0.25) is 0 Å². The van der Waals surface area contributed by atoms with E-state index >= 15 is 0 Å². The molecule has 1 fully saturated rings. The number of hydrogen-bond donors (Lipinski definition) is 3. The van der Waals surface area contributed by atoms with Gasteiger partial charge in [-0.2, -0.15) is 0 Å². The molecule has 142 valence electrons. The number of urea groups is 1. The summed E-state index contributed by atoms with van der Waals surface area (Å²) in [6, 6.07) is 7.43. The fourth-order valence-corrected chi connectivity index (χ4v) is 2.94. The van der Waals surface area contributed by atoms with Crippen LogP contribution in [0.2, 0.25) is 0 Å². The van der Waals surface area contributed by atoms with Crippen molar-refractivity contribution in [2.24, 2.45) is 5.16 Å². The summed E-state index contributed by atoms with van der Waals surface area (Å²) >= 11 is 0. The summed E-state index contributed by atoms with van der Waals surface area (Å²) < 4.78 is 0. The van der Waals surface area contributed by atoms with Crippen LogP contribution in [-0.4, -0.2) is 48.5 Å². The van der Waals surface area contributed by atoms with Crippen molar-refractivity contribution >= 4 is 29.6 Å². The zero-order chi connectivity index (χ0) is 19.2. The first-order chi connectivity index (χ1) is 13.1. The Morgan fingerprint density at radius 1 is 1.37 bits per heavy atom. The summed E-state index contributed by atoms with van der Waals surface area (Å²) in [4.78, 5) is 27.3. The van der Waals surface area contributed by atoms with Gasteiger partial charge in [-0.05, 0) is 25.5 Å². The van der Waals surface area contributed by atoms with Crippen LogP contribution in [-0.2, 0) is 4.84 Å². The van der Waals surface area contributed by atoms with Gasteiger partial charge in [0, 0.05) is 24.8 Å². The van der Waals surface area contributed by atoms with E-state index in [1.165, 1.54) is 19.7 Å². The van der Waals surface area contributed by atoms with Crippen LogP contribution in [0.1, 0.15) is 17.5 Å². The van der Waals surface area contributed by atoms with Gasteiger partial charge in [0.25, 0.3) is 0 Å². The van der Waals surface area contributed by atoms with Crippen LogP contribution in [0.3, 0.4) is 0 Å². The average Bonchev–Trinajstić information content (AvgIpc) is 3.10. The highest BCUT2D eigenvalue weighted by Gasteiger charge is 2.27. The molecule has 1 aliphatic heterocycles. The monoisotopic (exact) mass is 369 g/mol. The number of nitrogen functional groups attached to an aromatic ring is 1. The van der Waals surface area contributed by atoms with Crippen molar-refractivity contribution in [3.63, 3.8) is 0 Å². The van der Waals surface area contributed by atoms with E-state index in [9.17, 15) is 4.79 Å². The van der Waals surface area contributed by atoms with Crippen LogP contribution < -0.4 is 21.3 Å². The number of hydrogen-bond acceptors (Lipinski definition) is 7. The molecule has 0 saturated carbocycles. The third-order valence-electron chi connectivity index (χ3n) is 4.31. The maximum absolute atomic E-state index is 12.2. The van der Waals surface area contributed by atoms with Crippen LogP contribution in [0, 0.1) is 6.92 Å². The number of oxime groups is 1. The molecule has 1 unspecified atom stereocenters. The molecule has 27 heavy (non-hydrogen) atoms. The van der Waals surface area contributed by atoms with Gasteiger partial charge in [-0.25, -0.2) is 14.8 Å². The lowest BCUT2D eigenvalue weighted by atomic mass is 10.2. The minimum absolute atomic E-state index is 0.00106. The number of rotatable bonds is 5. The smallest absolute Gasteiger partial charge is 0.319 e. The van der Waals surface area contributed by atoms with Gasteiger partial charge >= 0.3 is 6.03 Å². The van der Waals surface area contributed by atoms with E-state index in [0.717, 1.165) is 24.2 Å². The SMILES string of the molecule is CO/N=C/c1c(N)ncnc1N1CCC(NC(=O)Nc2ccc(C)cc2)C1. The number of nitrogens with two attached hydrogens (primary N) is 1. The minimum Gasteiger partial charge on any atom is -0.399 e. The summed E-state index contributed by atoms with van der Waals surface area (Å²) in [5, 5.41) is 9.61. The predicted molar refractivity (Wildman–Crippen MR) is 105 cm³/mol. The normalized spacial score (nSPS) is 16.5. The Balaban J connectivity index is 1.62. The first-order valence-electron chi connectivity index (χ1n) is 8.63. The zero-order valence-electron chi connectivity index (χ0n) is 15.3. The fraction of sp³-hybridized carbons (Fsp3) is 0.333. The molecule has 1 aliphatic rings. The molecule has 1 aromatic carbocycles. The third-order valence-corrected chi connectivity index (χ3v) is 4.31. The summed E-state index contributed by atoms with van der Waals surface area (Å²) in [5.41, 5.74) is 8.44. The molecule has 0 aliphatic carbocycles. The largest absolute Gasteiger partial charge is 0.399 e. The van der Waals surface area contributed by atoms with Crippen LogP contribution in [0.5, 0.6) is 0 Å². The second-order valence-electron chi connectivity index (χ2n) is 6.31. The van der Waals surface area contributed by atoms with Crippen molar-refractivity contribution in [1.82, 2.24) is 15.3 Å². The Hall–Kier alpha value is -3.36. The number of carbonyl (C=O) groups excluding carboxylic acids is 1. The Kier molecular flexibility index (Phi) is 5.70. The Bertz CT molecular complexity index is 823. The Labute approximate surface area is 157 Å². The van der Waals surface area contributed by atoms with Gasteiger partial charge in [0.05, 0.1) is 11.8 Å². The van der Waals surface area contributed by atoms with Crippen LogP contribution >= 0.6 is 0 Å². The first kappa shape index (κ1) is 18.4. The van der Waals surface area contributed by atoms with E-state index in [-0.39, 0.29) is 12.1 Å². The van der Waals surface area contributed by atoms with Crippen molar-refractivity contribution in [2.75, 3.05) is 36.1 Å². The van der Waals surface area contributed by atoms with E-state index < -0.39 is 0 Å². The molecule has 2 heterocycles. The summed E-state index contributed by atoms with van der Waals surface area (Å²) in [7, 11) is 1.46. The fourth-order valence-electron chi connectivity index (χ4n) is 2.94. The molecule has 2 amide bonds. The molecular weight excluding hydrogens is 346 g/mol. The van der Waals surface area contributed by atoms with Gasteiger partial charge in [0.1, 0.15) is 25.1 Å². The van der Waals surface area contributed by atoms with Crippen molar-refractivity contribution in [3.8, 4) is 0 Å². The van der Waals surface area contributed by atoms with Gasteiger partial charge in [0.15, 0.2) is 0 Å². The molecule has 4 N–H and O–H groups in total. The molecule has 0 spiro atoms. The van der Waals surface area contributed by atoms with Gasteiger partial charge in [-0.15, -0.1) is 0 Å². The topological polar surface area (TPSA) is 118 Å². The quantitative estimate of drug-likeness (QED) is 0.546. The van der Waals surface area contributed by atoms with Crippen molar-refractivity contribution in [1.29, 1.82) is 0 Å². The maximum Gasteiger partial charge on any atom is 0.319 e. The molecule has 0 bridgehead atoms. The molecule has 0 radical (unpaired) electrons. The third kappa shape index (κ3) is 4.63. The second-order valence-corrected chi connectivity index (χ2v) is 6.31. The number of benzene rings is 1. The standard InChI is InChI=1S/C18H23N7O2/c1-12-3-5-13(6-4-12)23-18(26)24-14-7-8-25(10-14)17-15(9-22-27-2)16(19)20-11-21-17/h3-6,9,11,14H,7-8,10H2,1-2H3,(H2,19,20,21)(H2,23,24,26)/b22-9+. The van der Waals surface area contributed by atoms with E-state index in [2.05, 4.69) is 25.8 Å². The van der Waals surface area contributed by atoms with Gasteiger partial charge < -0.3 is 26.1 Å². The zero-order valence-corrected chi connectivity index (χ0v) is 15.3. The van der Waals surface area contributed by atoms with Crippen LogP contribution in [0.15, 0.2) is 35.7 Å². The highest BCUT2D eigenvalue weighted by molar-refractivity contribution is 5.92. The molecule has 1 saturated heterocycles. The van der Waals surface area contributed by atoms with Crippen LogP contribution in [0.4, 0.5) is 22.1 Å². The lowest BCUT2D eigenvalue weighted by molar-refractivity contribution is 0.215. The summed E-state index contributed by atoms with van der Waals surface area (Å²) in [6.45, 7) is 3.35. The number of aromatic nitrogens is 2. The lowest BCUT2D eigenvalue weighted by Gasteiger charge is -2.20. The number of amides is 2. The molecule has 3 rings (SSSR count). The Morgan fingerprint density at radius 3 is 2.89 bits per heavy atom. The Morgan fingerprint density at radius 2 is 2.15 bits per heavy atom.